The molecule has 3 aromatic rings. The molecule has 0 amide bonds. The molecule has 0 radical (unpaired) electrons. The first-order valence-corrected chi connectivity index (χ1v) is 10.5. The Morgan fingerprint density at radius 2 is 0.633 bits per heavy atom. The third-order valence-corrected chi connectivity index (χ3v) is 6.25. The summed E-state index contributed by atoms with van der Waals surface area (Å²) in [6.07, 6.45) is 8.87. The zero-order valence-electron chi connectivity index (χ0n) is 18.8. The SMILES string of the molecule is Cc1cc2c(cc1C)/C=C\c1cc(C)c(C)cc1/C=C\c1cc(C)c(C)cc1C#C2. The molecule has 0 atom stereocenters. The van der Waals surface area contributed by atoms with Gasteiger partial charge in [0.15, 0.2) is 0 Å². The molecule has 1 aliphatic rings. The van der Waals surface area contributed by atoms with Crippen molar-refractivity contribution in [2.75, 3.05) is 0 Å². The zero-order valence-corrected chi connectivity index (χ0v) is 18.8. The van der Waals surface area contributed by atoms with Gasteiger partial charge in [-0.25, -0.2) is 0 Å². The first kappa shape index (κ1) is 20.0. The molecule has 1 aliphatic carbocycles. The molecule has 0 fully saturated rings. The van der Waals surface area contributed by atoms with Crippen LogP contribution in [0.5, 0.6) is 0 Å². The monoisotopic (exact) mass is 388 g/mol. The standard InChI is InChI=1S/C30H28/c1-19-13-25-7-8-27-15-21(3)23(5)17-29(27)11-12-30-18-24(6)22(4)16-28(30)10-9-26(25)14-20(19)2/h7-10,13-18H,1-6H3/b8-7-,10-9-,25-7?,26-9?,27-8?,28-10?. The minimum Gasteiger partial charge on any atom is -0.0610 e. The van der Waals surface area contributed by atoms with Crippen LogP contribution in [-0.4, -0.2) is 0 Å². The normalized spacial score (nSPS) is 14.2. The summed E-state index contributed by atoms with van der Waals surface area (Å²) >= 11 is 0. The van der Waals surface area contributed by atoms with Crippen LogP contribution in [-0.2, 0) is 0 Å². The van der Waals surface area contributed by atoms with Crippen LogP contribution in [0.2, 0.25) is 0 Å². The summed E-state index contributed by atoms with van der Waals surface area (Å²) in [7, 11) is 0. The summed E-state index contributed by atoms with van der Waals surface area (Å²) in [5.74, 6) is 6.92. The van der Waals surface area contributed by atoms with E-state index in [1.807, 2.05) is 0 Å². The highest BCUT2D eigenvalue weighted by Gasteiger charge is 2.07. The average molecular weight is 389 g/mol. The van der Waals surface area contributed by atoms with Crippen molar-refractivity contribution in [3.63, 3.8) is 0 Å². The highest BCUT2D eigenvalue weighted by molar-refractivity contribution is 5.83. The quantitative estimate of drug-likeness (QED) is 0.272. The van der Waals surface area contributed by atoms with Crippen LogP contribution in [0.1, 0.15) is 66.8 Å². The van der Waals surface area contributed by atoms with E-state index >= 15 is 0 Å². The van der Waals surface area contributed by atoms with Crippen molar-refractivity contribution in [3.8, 4) is 11.8 Å². The van der Waals surface area contributed by atoms with Crippen LogP contribution >= 0.6 is 0 Å². The van der Waals surface area contributed by atoms with Crippen LogP contribution in [0.3, 0.4) is 0 Å². The minimum absolute atomic E-state index is 1.08. The van der Waals surface area contributed by atoms with Crippen LogP contribution in [0.4, 0.5) is 0 Å². The molecule has 0 spiro atoms. The van der Waals surface area contributed by atoms with Crippen molar-refractivity contribution in [2.45, 2.75) is 41.5 Å². The summed E-state index contributed by atoms with van der Waals surface area (Å²) in [5, 5.41) is 0. The summed E-state index contributed by atoms with van der Waals surface area (Å²) in [6, 6.07) is 13.5. The number of fused-ring (bicyclic) bond motifs is 3. The molecule has 0 saturated heterocycles. The number of benzene rings is 3. The van der Waals surface area contributed by atoms with Gasteiger partial charge in [0.25, 0.3) is 0 Å². The van der Waals surface area contributed by atoms with E-state index in [4.69, 9.17) is 0 Å². The third kappa shape index (κ3) is 3.89. The Kier molecular flexibility index (Phi) is 5.23. The molecule has 0 saturated carbocycles. The molecule has 0 unspecified atom stereocenters. The van der Waals surface area contributed by atoms with Crippen molar-refractivity contribution in [3.05, 3.63) is 103 Å². The van der Waals surface area contributed by atoms with Crippen molar-refractivity contribution in [1.82, 2.24) is 0 Å². The Bertz CT molecular complexity index is 1190. The lowest BCUT2D eigenvalue weighted by Gasteiger charge is -2.11. The highest BCUT2D eigenvalue weighted by Crippen LogP contribution is 2.25. The first-order valence-electron chi connectivity index (χ1n) is 10.5. The maximum atomic E-state index is 3.46. The largest absolute Gasteiger partial charge is 0.0610 e. The number of hydrogen-bond acceptors (Lipinski definition) is 0. The zero-order chi connectivity index (χ0) is 21.4. The number of aryl methyl sites for hydroxylation is 6. The molecular formula is C30H28. The number of rotatable bonds is 0. The Balaban J connectivity index is 2.04. The Morgan fingerprint density at radius 3 is 1.00 bits per heavy atom. The van der Waals surface area contributed by atoms with Gasteiger partial charge in [0.05, 0.1) is 0 Å². The van der Waals surface area contributed by atoms with Crippen molar-refractivity contribution in [2.24, 2.45) is 0 Å². The molecule has 0 N–H and O–H groups in total. The summed E-state index contributed by atoms with van der Waals surface area (Å²) in [5.41, 5.74) is 14.7. The predicted octanol–water partition coefficient (Wildman–Crippen LogP) is 7.59. The number of hydrogen-bond donors (Lipinski definition) is 0. The fourth-order valence-corrected chi connectivity index (χ4v) is 3.81. The predicted molar refractivity (Wildman–Crippen MR) is 132 cm³/mol. The van der Waals surface area contributed by atoms with E-state index < -0.39 is 0 Å². The molecule has 30 heavy (non-hydrogen) atoms. The first-order chi connectivity index (χ1) is 14.3. The molecule has 0 nitrogen and oxygen atoms in total. The van der Waals surface area contributed by atoms with E-state index in [-0.39, 0.29) is 0 Å². The molecule has 4 rings (SSSR count). The van der Waals surface area contributed by atoms with Gasteiger partial charge in [0, 0.05) is 11.1 Å². The maximum absolute atomic E-state index is 3.46. The van der Waals surface area contributed by atoms with Gasteiger partial charge in [-0.2, -0.15) is 0 Å². The van der Waals surface area contributed by atoms with E-state index in [0.717, 1.165) is 11.1 Å². The van der Waals surface area contributed by atoms with Gasteiger partial charge in [-0.1, -0.05) is 60.4 Å². The Hall–Kier alpha value is -3.30. The van der Waals surface area contributed by atoms with Gasteiger partial charge in [0.1, 0.15) is 0 Å². The molecular weight excluding hydrogens is 360 g/mol. The van der Waals surface area contributed by atoms with Crippen LogP contribution in [0.15, 0.2) is 36.4 Å². The summed E-state index contributed by atoms with van der Waals surface area (Å²) in [6.45, 7) is 13.0. The van der Waals surface area contributed by atoms with Crippen LogP contribution in [0, 0.1) is 53.4 Å². The second-order valence-corrected chi connectivity index (χ2v) is 8.53. The second-order valence-electron chi connectivity index (χ2n) is 8.53. The molecule has 0 aromatic heterocycles. The van der Waals surface area contributed by atoms with Crippen LogP contribution in [0.25, 0.3) is 24.3 Å². The smallest absolute Gasteiger partial charge is 0.0324 e. The lowest BCUT2D eigenvalue weighted by Crippen LogP contribution is -1.93. The molecule has 3 aromatic carbocycles. The van der Waals surface area contributed by atoms with Gasteiger partial charge in [0.2, 0.25) is 0 Å². The molecule has 0 heteroatoms. The third-order valence-electron chi connectivity index (χ3n) is 6.25. The van der Waals surface area contributed by atoms with Gasteiger partial charge in [-0.15, -0.1) is 0 Å². The van der Waals surface area contributed by atoms with Gasteiger partial charge >= 0.3 is 0 Å². The minimum atomic E-state index is 1.08. The summed E-state index contributed by atoms with van der Waals surface area (Å²) in [4.78, 5) is 0. The average Bonchev–Trinajstić information content (AvgIpc) is 2.70. The maximum Gasteiger partial charge on any atom is 0.0324 e. The lowest BCUT2D eigenvalue weighted by atomic mass is 9.94. The van der Waals surface area contributed by atoms with E-state index in [2.05, 4.69) is 114 Å². The fourth-order valence-electron chi connectivity index (χ4n) is 3.81. The van der Waals surface area contributed by atoms with Gasteiger partial charge in [-0.3, -0.25) is 0 Å². The molecule has 0 heterocycles. The van der Waals surface area contributed by atoms with Crippen molar-refractivity contribution < 1.29 is 0 Å². The molecule has 148 valence electrons. The van der Waals surface area contributed by atoms with E-state index in [9.17, 15) is 0 Å². The van der Waals surface area contributed by atoms with Gasteiger partial charge in [-0.05, 0) is 109 Å². The highest BCUT2D eigenvalue weighted by atomic mass is 14.1. The Labute approximate surface area is 181 Å². The second kappa shape index (κ2) is 7.85. The molecule has 0 aliphatic heterocycles. The molecule has 0 bridgehead atoms. The van der Waals surface area contributed by atoms with Crippen molar-refractivity contribution in [1.29, 1.82) is 0 Å². The van der Waals surface area contributed by atoms with E-state index in [1.54, 1.807) is 0 Å². The Morgan fingerprint density at radius 1 is 0.367 bits per heavy atom. The van der Waals surface area contributed by atoms with Crippen LogP contribution < -0.4 is 0 Å². The lowest BCUT2D eigenvalue weighted by molar-refractivity contribution is 1.32. The van der Waals surface area contributed by atoms with Crippen molar-refractivity contribution >= 4 is 24.3 Å². The van der Waals surface area contributed by atoms with Gasteiger partial charge < -0.3 is 0 Å². The van der Waals surface area contributed by atoms with E-state index in [1.165, 1.54) is 55.6 Å². The summed E-state index contributed by atoms with van der Waals surface area (Å²) < 4.78 is 0. The van der Waals surface area contributed by atoms with E-state index in [0.29, 0.717) is 0 Å². The fraction of sp³-hybridized carbons (Fsp3) is 0.200. The topological polar surface area (TPSA) is 0 Å².